The Kier molecular flexibility index (Phi) is 8.48. The van der Waals surface area contributed by atoms with Crippen LogP contribution in [0.5, 0.6) is 0 Å². The van der Waals surface area contributed by atoms with Gasteiger partial charge in [0.05, 0.1) is 5.92 Å². The molecule has 0 aromatic heterocycles. The minimum Gasteiger partial charge on any atom is -0.459 e. The van der Waals surface area contributed by atoms with E-state index in [1.807, 2.05) is 13.8 Å². The summed E-state index contributed by atoms with van der Waals surface area (Å²) >= 11 is 0. The van der Waals surface area contributed by atoms with Gasteiger partial charge in [0.2, 0.25) is 0 Å². The zero-order valence-corrected chi connectivity index (χ0v) is 13.6. The predicted octanol–water partition coefficient (Wildman–Crippen LogP) is 4.02. The van der Waals surface area contributed by atoms with Gasteiger partial charge in [-0.05, 0) is 32.6 Å². The summed E-state index contributed by atoms with van der Waals surface area (Å²) in [5.74, 6) is -1.40. The number of ether oxygens (including phenoxy) is 2. The normalized spacial score (nSPS) is 15.8. The summed E-state index contributed by atoms with van der Waals surface area (Å²) in [7, 11) is 0. The summed E-state index contributed by atoms with van der Waals surface area (Å²) in [6.45, 7) is 5.69. The third kappa shape index (κ3) is 8.89. The third-order valence-corrected chi connectivity index (χ3v) is 3.59. The first-order valence-corrected chi connectivity index (χ1v) is 7.48. The van der Waals surface area contributed by atoms with Crippen LogP contribution in [0.3, 0.4) is 0 Å². The predicted molar refractivity (Wildman–Crippen MR) is 75.1 cm³/mol. The maximum atomic E-state index is 11.9. The number of rotatable bonds is 9. The summed E-state index contributed by atoms with van der Waals surface area (Å²) in [5.41, 5.74) is -0.717. The van der Waals surface area contributed by atoms with Gasteiger partial charge in [-0.15, -0.1) is 0 Å². The molecule has 0 radical (unpaired) electrons. The van der Waals surface area contributed by atoms with Gasteiger partial charge in [-0.1, -0.05) is 20.8 Å². The molecule has 4 nitrogen and oxygen atoms in total. The molecule has 2 atom stereocenters. The molecule has 7 heteroatoms. The molecule has 2 unspecified atom stereocenters. The van der Waals surface area contributed by atoms with Crippen molar-refractivity contribution in [3.05, 3.63) is 0 Å². The Balaban J connectivity index is 4.23. The van der Waals surface area contributed by atoms with Crippen LogP contribution < -0.4 is 0 Å². The second kappa shape index (κ2) is 9.00. The van der Waals surface area contributed by atoms with Crippen LogP contribution in [-0.2, 0) is 19.1 Å². The molecule has 0 bridgehead atoms. The minimum absolute atomic E-state index is 0.132. The first kappa shape index (κ1) is 20.7. The van der Waals surface area contributed by atoms with Crippen LogP contribution in [0.4, 0.5) is 13.2 Å². The van der Waals surface area contributed by atoms with Crippen molar-refractivity contribution in [3.63, 3.8) is 0 Å². The van der Waals surface area contributed by atoms with E-state index in [-0.39, 0.29) is 18.3 Å². The smallest absolute Gasteiger partial charge is 0.422 e. The number of carbonyl (C=O) groups is 2. The third-order valence-electron chi connectivity index (χ3n) is 3.59. The highest BCUT2D eigenvalue weighted by Crippen LogP contribution is 2.25. The molecule has 130 valence electrons. The van der Waals surface area contributed by atoms with Crippen molar-refractivity contribution < 1.29 is 32.2 Å². The first-order chi connectivity index (χ1) is 10.0. The van der Waals surface area contributed by atoms with E-state index in [1.54, 1.807) is 13.8 Å². The molecule has 0 saturated heterocycles. The van der Waals surface area contributed by atoms with E-state index >= 15 is 0 Å². The van der Waals surface area contributed by atoms with Crippen molar-refractivity contribution in [2.24, 2.45) is 5.92 Å². The van der Waals surface area contributed by atoms with Gasteiger partial charge in [0.25, 0.3) is 0 Å². The summed E-state index contributed by atoms with van der Waals surface area (Å²) in [6.07, 6.45) is -2.72. The Morgan fingerprint density at radius 2 is 1.77 bits per heavy atom. The second-order valence-corrected chi connectivity index (χ2v) is 5.66. The van der Waals surface area contributed by atoms with Gasteiger partial charge in [0.15, 0.2) is 6.61 Å². The molecule has 0 saturated carbocycles. The van der Waals surface area contributed by atoms with Gasteiger partial charge in [0.1, 0.15) is 5.60 Å². The molecular weight excluding hydrogens is 301 g/mol. The largest absolute Gasteiger partial charge is 0.459 e. The van der Waals surface area contributed by atoms with Gasteiger partial charge in [-0.25, -0.2) is 0 Å². The highest BCUT2D eigenvalue weighted by molar-refractivity contribution is 5.72. The zero-order valence-electron chi connectivity index (χ0n) is 13.6. The number of hydrogen-bond donors (Lipinski definition) is 0. The number of carbonyl (C=O) groups excluding carboxylic acids is 2. The minimum atomic E-state index is -4.51. The molecule has 0 aliphatic carbocycles. The quantitative estimate of drug-likeness (QED) is 0.601. The molecule has 0 aromatic rings. The SMILES string of the molecule is CCC(C)C(=O)OC(C)(CC)CCCC(=O)OCC(F)(F)F. The number of halogens is 3. The fourth-order valence-electron chi connectivity index (χ4n) is 1.65. The van der Waals surface area contributed by atoms with Crippen LogP contribution in [-0.4, -0.2) is 30.3 Å². The van der Waals surface area contributed by atoms with E-state index in [0.717, 1.165) is 0 Å². The number of alkyl halides is 3. The maximum absolute atomic E-state index is 11.9. The van der Waals surface area contributed by atoms with Crippen molar-refractivity contribution in [2.45, 2.75) is 71.6 Å². The number of hydrogen-bond acceptors (Lipinski definition) is 4. The molecule has 0 rings (SSSR count). The molecule has 0 spiro atoms. The van der Waals surface area contributed by atoms with E-state index < -0.39 is 24.4 Å². The molecule has 0 N–H and O–H groups in total. The van der Waals surface area contributed by atoms with Gasteiger partial charge in [-0.3, -0.25) is 9.59 Å². The van der Waals surface area contributed by atoms with Crippen molar-refractivity contribution >= 4 is 11.9 Å². The van der Waals surface area contributed by atoms with Crippen molar-refractivity contribution in [1.82, 2.24) is 0 Å². The molecule has 22 heavy (non-hydrogen) atoms. The molecular formula is C15H25F3O4. The van der Waals surface area contributed by atoms with Crippen LogP contribution in [0, 0.1) is 5.92 Å². The standard InChI is InChI=1S/C15H25F3O4/c1-5-11(3)13(20)22-14(4,6-2)9-7-8-12(19)21-10-15(16,17)18/h11H,5-10H2,1-4H3. The second-order valence-electron chi connectivity index (χ2n) is 5.66. The Morgan fingerprint density at radius 3 is 2.23 bits per heavy atom. The van der Waals surface area contributed by atoms with E-state index in [9.17, 15) is 22.8 Å². The Bertz CT molecular complexity index is 368. The van der Waals surface area contributed by atoms with Crippen LogP contribution in [0.15, 0.2) is 0 Å². The molecule has 0 aliphatic rings. The summed E-state index contributed by atoms with van der Waals surface area (Å²) < 4.78 is 45.3. The topological polar surface area (TPSA) is 52.6 Å². The average molecular weight is 326 g/mol. The van der Waals surface area contributed by atoms with Crippen molar-refractivity contribution in [1.29, 1.82) is 0 Å². The average Bonchev–Trinajstić information content (AvgIpc) is 2.43. The lowest BCUT2D eigenvalue weighted by Gasteiger charge is -2.29. The van der Waals surface area contributed by atoms with E-state index in [4.69, 9.17) is 4.74 Å². The summed E-state index contributed by atoms with van der Waals surface area (Å²) in [6, 6.07) is 0. The van der Waals surface area contributed by atoms with E-state index in [1.165, 1.54) is 0 Å². The molecule has 0 amide bonds. The summed E-state index contributed by atoms with van der Waals surface area (Å²) in [5, 5.41) is 0. The van der Waals surface area contributed by atoms with Gasteiger partial charge >= 0.3 is 18.1 Å². The fourth-order valence-corrected chi connectivity index (χ4v) is 1.65. The van der Waals surface area contributed by atoms with E-state index in [0.29, 0.717) is 25.7 Å². The highest BCUT2D eigenvalue weighted by Gasteiger charge is 2.31. The van der Waals surface area contributed by atoms with Gasteiger partial charge < -0.3 is 9.47 Å². The van der Waals surface area contributed by atoms with Crippen LogP contribution in [0.25, 0.3) is 0 Å². The Morgan fingerprint density at radius 1 is 1.18 bits per heavy atom. The lowest BCUT2D eigenvalue weighted by molar-refractivity contribution is -0.186. The first-order valence-electron chi connectivity index (χ1n) is 7.48. The Labute approximate surface area is 129 Å². The molecule has 0 aromatic carbocycles. The molecule has 0 heterocycles. The lowest BCUT2D eigenvalue weighted by atomic mass is 9.95. The van der Waals surface area contributed by atoms with Crippen LogP contribution in [0.1, 0.15) is 59.8 Å². The summed E-state index contributed by atoms with van der Waals surface area (Å²) in [4.78, 5) is 23.0. The van der Waals surface area contributed by atoms with Crippen LogP contribution in [0.2, 0.25) is 0 Å². The monoisotopic (exact) mass is 326 g/mol. The van der Waals surface area contributed by atoms with Crippen molar-refractivity contribution in [2.75, 3.05) is 6.61 Å². The molecule has 0 aliphatic heterocycles. The Hall–Kier alpha value is -1.27. The number of esters is 2. The fraction of sp³-hybridized carbons (Fsp3) is 0.867. The van der Waals surface area contributed by atoms with Gasteiger partial charge in [-0.2, -0.15) is 13.2 Å². The van der Waals surface area contributed by atoms with E-state index in [2.05, 4.69) is 4.74 Å². The zero-order chi connectivity index (χ0) is 17.4. The van der Waals surface area contributed by atoms with Crippen LogP contribution >= 0.6 is 0 Å². The molecule has 0 fully saturated rings. The maximum Gasteiger partial charge on any atom is 0.422 e. The van der Waals surface area contributed by atoms with Gasteiger partial charge in [0, 0.05) is 6.42 Å². The lowest BCUT2D eigenvalue weighted by Crippen LogP contribution is -2.33. The van der Waals surface area contributed by atoms with Crippen molar-refractivity contribution in [3.8, 4) is 0 Å². The highest BCUT2D eigenvalue weighted by atomic mass is 19.4.